The second-order valence-corrected chi connectivity index (χ2v) is 4.83. The summed E-state index contributed by atoms with van der Waals surface area (Å²) in [7, 11) is 0. The lowest BCUT2D eigenvalue weighted by atomic mass is 9.85. The van der Waals surface area contributed by atoms with Gasteiger partial charge in [-0.3, -0.25) is 0 Å². The van der Waals surface area contributed by atoms with Crippen LogP contribution in [0, 0.1) is 13.8 Å². The van der Waals surface area contributed by atoms with Crippen LogP contribution in [0.1, 0.15) is 29.2 Å². The first-order valence-corrected chi connectivity index (χ1v) is 5.94. The van der Waals surface area contributed by atoms with Crippen LogP contribution in [0.3, 0.4) is 0 Å². The molecule has 1 unspecified atom stereocenters. The zero-order valence-electron chi connectivity index (χ0n) is 10.9. The molecule has 0 amide bonds. The van der Waals surface area contributed by atoms with Crippen LogP contribution in [-0.2, 0) is 5.60 Å². The number of benzene rings is 1. The average Bonchev–Trinajstić information content (AvgIpc) is 2.29. The summed E-state index contributed by atoms with van der Waals surface area (Å²) in [5.74, 6) is 0.376. The van der Waals surface area contributed by atoms with E-state index in [2.05, 4.69) is 4.98 Å². The van der Waals surface area contributed by atoms with Crippen LogP contribution in [0.2, 0.25) is 0 Å². The number of pyridine rings is 1. The first-order chi connectivity index (χ1) is 8.43. The van der Waals surface area contributed by atoms with E-state index in [1.807, 2.05) is 44.2 Å². The molecule has 2 rings (SSSR count). The predicted molar refractivity (Wildman–Crippen MR) is 73.2 cm³/mol. The summed E-state index contributed by atoms with van der Waals surface area (Å²) < 4.78 is 0. The van der Waals surface area contributed by atoms with Gasteiger partial charge in [0.05, 0.1) is 0 Å². The number of anilines is 1. The molecule has 3 heteroatoms. The lowest BCUT2D eigenvalue weighted by Crippen LogP contribution is -2.26. The molecule has 0 aliphatic carbocycles. The van der Waals surface area contributed by atoms with Crippen molar-refractivity contribution in [3.05, 3.63) is 58.8 Å². The summed E-state index contributed by atoms with van der Waals surface area (Å²) in [6, 6.07) is 9.65. The van der Waals surface area contributed by atoms with E-state index in [0.717, 1.165) is 16.7 Å². The maximum atomic E-state index is 10.8. The molecule has 0 spiro atoms. The molecule has 0 aliphatic heterocycles. The largest absolute Gasteiger partial charge is 0.383 e. The summed E-state index contributed by atoms with van der Waals surface area (Å²) in [6.45, 7) is 5.69. The van der Waals surface area contributed by atoms with Gasteiger partial charge >= 0.3 is 0 Å². The van der Waals surface area contributed by atoms with Gasteiger partial charge in [-0.1, -0.05) is 29.8 Å². The third-order valence-electron chi connectivity index (χ3n) is 3.29. The zero-order valence-corrected chi connectivity index (χ0v) is 10.9. The topological polar surface area (TPSA) is 59.1 Å². The highest BCUT2D eigenvalue weighted by Gasteiger charge is 2.29. The number of hydrogen-bond donors (Lipinski definition) is 2. The Kier molecular flexibility index (Phi) is 3.09. The van der Waals surface area contributed by atoms with Gasteiger partial charge in [0.25, 0.3) is 0 Å². The number of rotatable bonds is 2. The smallest absolute Gasteiger partial charge is 0.130 e. The number of nitrogens with two attached hydrogens (primary N) is 1. The highest BCUT2D eigenvalue weighted by molar-refractivity contribution is 5.52. The normalized spacial score (nSPS) is 14.2. The molecule has 0 saturated carbocycles. The lowest BCUT2D eigenvalue weighted by molar-refractivity contribution is 0.102. The molecule has 0 aliphatic rings. The van der Waals surface area contributed by atoms with Gasteiger partial charge in [0.2, 0.25) is 0 Å². The van der Waals surface area contributed by atoms with Gasteiger partial charge in [0.1, 0.15) is 11.4 Å². The van der Waals surface area contributed by atoms with Crippen molar-refractivity contribution in [1.82, 2.24) is 4.98 Å². The SMILES string of the molecule is Cc1ccc(C(C)(O)c2c(C)ccnc2N)cc1. The summed E-state index contributed by atoms with van der Waals surface area (Å²) in [6.07, 6.45) is 1.65. The van der Waals surface area contributed by atoms with Crippen LogP contribution in [0.15, 0.2) is 36.5 Å². The fraction of sp³-hybridized carbons (Fsp3) is 0.267. The van der Waals surface area contributed by atoms with E-state index in [-0.39, 0.29) is 0 Å². The van der Waals surface area contributed by atoms with Crippen molar-refractivity contribution in [2.75, 3.05) is 5.73 Å². The summed E-state index contributed by atoms with van der Waals surface area (Å²) in [4.78, 5) is 4.07. The van der Waals surface area contributed by atoms with E-state index >= 15 is 0 Å². The van der Waals surface area contributed by atoms with E-state index in [1.165, 1.54) is 0 Å². The van der Waals surface area contributed by atoms with Gasteiger partial charge in [-0.15, -0.1) is 0 Å². The molecule has 2 aromatic rings. The van der Waals surface area contributed by atoms with Crippen molar-refractivity contribution >= 4 is 5.82 Å². The van der Waals surface area contributed by atoms with Gasteiger partial charge in [0.15, 0.2) is 0 Å². The molecule has 0 saturated heterocycles. The molecule has 1 atom stereocenters. The maximum Gasteiger partial charge on any atom is 0.130 e. The number of aromatic nitrogens is 1. The molecule has 0 radical (unpaired) electrons. The number of nitrogen functional groups attached to an aromatic ring is 1. The maximum absolute atomic E-state index is 10.8. The van der Waals surface area contributed by atoms with E-state index in [4.69, 9.17) is 5.73 Å². The Balaban J connectivity index is 2.57. The first kappa shape index (κ1) is 12.6. The van der Waals surface area contributed by atoms with Gasteiger partial charge in [-0.25, -0.2) is 4.98 Å². The lowest BCUT2D eigenvalue weighted by Gasteiger charge is -2.27. The van der Waals surface area contributed by atoms with Crippen LogP contribution >= 0.6 is 0 Å². The first-order valence-electron chi connectivity index (χ1n) is 5.94. The van der Waals surface area contributed by atoms with Crippen LogP contribution in [0.5, 0.6) is 0 Å². The molecule has 0 fully saturated rings. The van der Waals surface area contributed by atoms with Gasteiger partial charge in [0, 0.05) is 11.8 Å². The second kappa shape index (κ2) is 4.42. The Morgan fingerprint density at radius 2 is 1.72 bits per heavy atom. The second-order valence-electron chi connectivity index (χ2n) is 4.83. The van der Waals surface area contributed by atoms with Gasteiger partial charge in [-0.05, 0) is 38.0 Å². The van der Waals surface area contributed by atoms with Crippen molar-refractivity contribution in [3.63, 3.8) is 0 Å². The molecular formula is C15H18N2O. The van der Waals surface area contributed by atoms with Crippen molar-refractivity contribution in [1.29, 1.82) is 0 Å². The minimum absolute atomic E-state index is 0.376. The molecule has 1 aromatic heterocycles. The standard InChI is InChI=1S/C15H18N2O/c1-10-4-6-12(7-5-10)15(3,18)13-11(2)8-9-17-14(13)16/h4-9,18H,1-3H3,(H2,16,17). The minimum atomic E-state index is -1.13. The quantitative estimate of drug-likeness (QED) is 0.850. The van der Waals surface area contributed by atoms with Gasteiger partial charge in [-0.2, -0.15) is 0 Å². The van der Waals surface area contributed by atoms with E-state index in [0.29, 0.717) is 11.4 Å². The molecule has 18 heavy (non-hydrogen) atoms. The summed E-state index contributed by atoms with van der Waals surface area (Å²) >= 11 is 0. The molecule has 94 valence electrons. The third-order valence-corrected chi connectivity index (χ3v) is 3.29. The third kappa shape index (κ3) is 2.09. The van der Waals surface area contributed by atoms with Crippen LogP contribution in [0.25, 0.3) is 0 Å². The number of nitrogens with zero attached hydrogens (tertiary/aromatic N) is 1. The van der Waals surface area contributed by atoms with E-state index in [9.17, 15) is 5.11 Å². The predicted octanol–water partition coefficient (Wildman–Crippen LogP) is 2.54. The van der Waals surface area contributed by atoms with Crippen molar-refractivity contribution in [3.8, 4) is 0 Å². The van der Waals surface area contributed by atoms with Crippen LogP contribution < -0.4 is 5.73 Å². The summed E-state index contributed by atoms with van der Waals surface area (Å²) in [5.41, 5.74) is 8.36. The number of aryl methyl sites for hydroxylation is 2. The molecular weight excluding hydrogens is 224 g/mol. The monoisotopic (exact) mass is 242 g/mol. The van der Waals surface area contributed by atoms with E-state index in [1.54, 1.807) is 13.1 Å². The molecule has 1 heterocycles. The average molecular weight is 242 g/mol. The molecule has 3 N–H and O–H groups in total. The fourth-order valence-electron chi connectivity index (χ4n) is 2.24. The fourth-order valence-corrected chi connectivity index (χ4v) is 2.24. The number of hydrogen-bond acceptors (Lipinski definition) is 3. The zero-order chi connectivity index (χ0) is 13.3. The minimum Gasteiger partial charge on any atom is -0.383 e. The summed E-state index contributed by atoms with van der Waals surface area (Å²) in [5, 5.41) is 10.8. The van der Waals surface area contributed by atoms with Crippen molar-refractivity contribution < 1.29 is 5.11 Å². The van der Waals surface area contributed by atoms with Gasteiger partial charge < -0.3 is 10.8 Å². The highest BCUT2D eigenvalue weighted by Crippen LogP contribution is 2.34. The Hall–Kier alpha value is -1.87. The highest BCUT2D eigenvalue weighted by atomic mass is 16.3. The van der Waals surface area contributed by atoms with Crippen molar-refractivity contribution in [2.24, 2.45) is 0 Å². The van der Waals surface area contributed by atoms with Crippen molar-refractivity contribution in [2.45, 2.75) is 26.4 Å². The Labute approximate surface area is 107 Å². The molecule has 3 nitrogen and oxygen atoms in total. The Morgan fingerprint density at radius 1 is 1.11 bits per heavy atom. The molecule has 1 aromatic carbocycles. The Morgan fingerprint density at radius 3 is 2.28 bits per heavy atom. The van der Waals surface area contributed by atoms with Crippen LogP contribution in [-0.4, -0.2) is 10.1 Å². The Bertz CT molecular complexity index is 539. The van der Waals surface area contributed by atoms with E-state index < -0.39 is 5.60 Å². The van der Waals surface area contributed by atoms with Crippen LogP contribution in [0.4, 0.5) is 5.82 Å². The number of aliphatic hydroxyl groups is 1. The molecule has 0 bridgehead atoms.